The van der Waals surface area contributed by atoms with Crippen LogP contribution in [0.15, 0.2) is 25.0 Å². The number of halogens is 4. The first-order valence-electron chi connectivity index (χ1n) is 12.0. The van der Waals surface area contributed by atoms with Gasteiger partial charge in [-0.15, -0.1) is 0 Å². The van der Waals surface area contributed by atoms with Crippen LogP contribution in [0.4, 0.5) is 23.4 Å². The molecule has 1 aliphatic heterocycles. The number of likely N-dealkylation sites (tertiary alicyclic amines) is 1. The van der Waals surface area contributed by atoms with E-state index in [2.05, 4.69) is 33.2 Å². The van der Waals surface area contributed by atoms with Gasteiger partial charge in [0.15, 0.2) is 11.5 Å². The van der Waals surface area contributed by atoms with Gasteiger partial charge in [0, 0.05) is 18.7 Å². The first-order chi connectivity index (χ1) is 18.6. The van der Waals surface area contributed by atoms with Gasteiger partial charge in [-0.2, -0.15) is 13.9 Å². The van der Waals surface area contributed by atoms with E-state index in [4.69, 9.17) is 11.5 Å². The summed E-state index contributed by atoms with van der Waals surface area (Å²) in [5.41, 5.74) is 10.8. The lowest BCUT2D eigenvalue weighted by molar-refractivity contribution is -0.146. The molecule has 39 heavy (non-hydrogen) atoms. The van der Waals surface area contributed by atoms with E-state index in [1.165, 1.54) is 15.9 Å². The SMILES string of the molecule is C=CC(=O)N1C[C@@H](n2nc(C#Cc3c(F)cc4c(ncn4C4CC4)c3F)c(C(N)=O)c2N)C[C@@H]1COC(F)F. The zero-order valence-corrected chi connectivity index (χ0v) is 20.4. The standard InChI is InChI=1S/C25H23F4N7O3/c1-2-19(37)34-9-13(7-14(34)10-39-25(28)29)36-23(30)20(24(31)38)17(33-36)6-5-15-16(26)8-18-22(21(15)27)32-11-35(18)12-3-4-12/h2,8,11-14,25H,1,3-4,7,9-10,30H2,(H2,31,38)/t13-,14+/m0/s1. The number of aromatic nitrogens is 4. The van der Waals surface area contributed by atoms with Crippen LogP contribution in [-0.4, -0.2) is 61.9 Å². The monoisotopic (exact) mass is 545 g/mol. The second kappa shape index (κ2) is 10.1. The lowest BCUT2D eigenvalue weighted by atomic mass is 10.1. The van der Waals surface area contributed by atoms with Crippen LogP contribution < -0.4 is 11.5 Å². The highest BCUT2D eigenvalue weighted by Crippen LogP contribution is 2.38. The molecule has 2 aromatic heterocycles. The number of nitrogens with zero attached hydrogens (tertiary/aromatic N) is 5. The molecule has 2 aliphatic rings. The zero-order valence-electron chi connectivity index (χ0n) is 20.4. The van der Waals surface area contributed by atoms with Crippen molar-refractivity contribution in [1.29, 1.82) is 0 Å². The van der Waals surface area contributed by atoms with Gasteiger partial charge in [0.25, 0.3) is 5.91 Å². The summed E-state index contributed by atoms with van der Waals surface area (Å²) in [6.45, 7) is -0.0876. The number of amides is 2. The van der Waals surface area contributed by atoms with Gasteiger partial charge in [0.2, 0.25) is 5.91 Å². The van der Waals surface area contributed by atoms with E-state index in [0.29, 0.717) is 5.52 Å². The highest BCUT2D eigenvalue weighted by atomic mass is 19.3. The van der Waals surface area contributed by atoms with Crippen LogP contribution in [0, 0.1) is 23.5 Å². The molecule has 1 saturated heterocycles. The number of benzene rings is 1. The van der Waals surface area contributed by atoms with E-state index in [0.717, 1.165) is 25.0 Å². The Balaban J connectivity index is 1.50. The molecule has 1 saturated carbocycles. The van der Waals surface area contributed by atoms with Gasteiger partial charge in [0.1, 0.15) is 22.7 Å². The van der Waals surface area contributed by atoms with Crippen molar-refractivity contribution in [2.24, 2.45) is 5.73 Å². The largest absolute Gasteiger partial charge is 0.383 e. The van der Waals surface area contributed by atoms with E-state index in [1.54, 1.807) is 4.57 Å². The molecule has 3 aromatic rings. The van der Waals surface area contributed by atoms with Gasteiger partial charge in [-0.3, -0.25) is 9.59 Å². The molecular formula is C25H23F4N7O3. The van der Waals surface area contributed by atoms with Crippen molar-refractivity contribution in [3.63, 3.8) is 0 Å². The first-order valence-corrected chi connectivity index (χ1v) is 12.0. The minimum atomic E-state index is -3.04. The number of nitrogens with two attached hydrogens (primary N) is 2. The topological polar surface area (TPSA) is 134 Å². The van der Waals surface area contributed by atoms with Crippen molar-refractivity contribution in [1.82, 2.24) is 24.2 Å². The maximum Gasteiger partial charge on any atom is 0.345 e. The van der Waals surface area contributed by atoms with Gasteiger partial charge in [-0.25, -0.2) is 18.4 Å². The van der Waals surface area contributed by atoms with Gasteiger partial charge in [0.05, 0.1) is 36.1 Å². The Kier molecular flexibility index (Phi) is 6.77. The Bertz CT molecular complexity index is 1550. The summed E-state index contributed by atoms with van der Waals surface area (Å²) in [6.07, 6.45) is 4.39. The summed E-state index contributed by atoms with van der Waals surface area (Å²) in [4.78, 5) is 29.8. The maximum atomic E-state index is 15.2. The number of nitrogen functional groups attached to an aromatic ring is 1. The van der Waals surface area contributed by atoms with Crippen LogP contribution in [0.2, 0.25) is 0 Å². The van der Waals surface area contributed by atoms with Crippen molar-refractivity contribution in [3.05, 3.63) is 53.5 Å². The summed E-state index contributed by atoms with van der Waals surface area (Å²) in [6, 6.07) is -0.105. The molecule has 4 N–H and O–H groups in total. The third kappa shape index (κ3) is 4.81. The van der Waals surface area contributed by atoms with E-state index in [9.17, 15) is 22.8 Å². The maximum absolute atomic E-state index is 15.2. The molecule has 1 aromatic carbocycles. The molecule has 0 radical (unpaired) electrons. The third-order valence-electron chi connectivity index (χ3n) is 6.81. The van der Waals surface area contributed by atoms with Crippen molar-refractivity contribution < 1.29 is 31.9 Å². The number of primary amides is 1. The molecule has 0 bridgehead atoms. The summed E-state index contributed by atoms with van der Waals surface area (Å²) < 4.78 is 62.6. The van der Waals surface area contributed by atoms with Crippen molar-refractivity contribution >= 4 is 28.7 Å². The Hall–Kier alpha value is -4.38. The fourth-order valence-corrected chi connectivity index (χ4v) is 4.83. The van der Waals surface area contributed by atoms with Crippen LogP contribution >= 0.6 is 0 Å². The number of hydrogen-bond acceptors (Lipinski definition) is 6. The van der Waals surface area contributed by atoms with Crippen LogP contribution in [-0.2, 0) is 9.53 Å². The number of fused-ring (bicyclic) bond motifs is 1. The fourth-order valence-electron chi connectivity index (χ4n) is 4.83. The lowest BCUT2D eigenvalue weighted by Gasteiger charge is -2.22. The molecule has 2 fully saturated rings. The molecule has 204 valence electrons. The van der Waals surface area contributed by atoms with Crippen LogP contribution in [0.25, 0.3) is 11.0 Å². The summed E-state index contributed by atoms with van der Waals surface area (Å²) in [5.74, 6) is 1.28. The number of anilines is 1. The number of alkyl halides is 2. The predicted octanol–water partition coefficient (Wildman–Crippen LogP) is 2.49. The fraction of sp³-hybridized carbons (Fsp3) is 0.360. The molecule has 5 rings (SSSR count). The average Bonchev–Trinajstić information content (AvgIpc) is 3.35. The second-order valence-electron chi connectivity index (χ2n) is 9.30. The molecule has 0 unspecified atom stereocenters. The minimum Gasteiger partial charge on any atom is -0.383 e. The summed E-state index contributed by atoms with van der Waals surface area (Å²) >= 11 is 0. The van der Waals surface area contributed by atoms with Crippen LogP contribution in [0.5, 0.6) is 0 Å². The quantitative estimate of drug-likeness (QED) is 0.266. The average molecular weight is 545 g/mol. The lowest BCUT2D eigenvalue weighted by Crippen LogP contribution is -2.37. The van der Waals surface area contributed by atoms with Gasteiger partial charge < -0.3 is 25.7 Å². The van der Waals surface area contributed by atoms with E-state index < -0.39 is 54.3 Å². The van der Waals surface area contributed by atoms with E-state index in [1.807, 2.05) is 0 Å². The van der Waals surface area contributed by atoms with Gasteiger partial charge in [-0.1, -0.05) is 12.5 Å². The molecule has 1 aliphatic carbocycles. The summed E-state index contributed by atoms with van der Waals surface area (Å²) in [7, 11) is 0. The van der Waals surface area contributed by atoms with E-state index >= 15 is 4.39 Å². The minimum absolute atomic E-state index is 0.0113. The number of hydrogen-bond donors (Lipinski definition) is 2. The number of carbonyl (C=O) groups excluding carboxylic acids is 2. The molecule has 0 spiro atoms. The van der Waals surface area contributed by atoms with E-state index in [-0.39, 0.29) is 41.6 Å². The van der Waals surface area contributed by atoms with Gasteiger partial charge in [-0.05, 0) is 31.3 Å². The molecule has 14 heteroatoms. The van der Waals surface area contributed by atoms with Crippen molar-refractivity contribution in [2.75, 3.05) is 18.9 Å². The van der Waals surface area contributed by atoms with Crippen LogP contribution in [0.3, 0.4) is 0 Å². The molecule has 3 heterocycles. The molecule has 2 atom stereocenters. The predicted molar refractivity (Wildman–Crippen MR) is 130 cm³/mol. The van der Waals surface area contributed by atoms with Crippen molar-refractivity contribution in [2.45, 2.75) is 44.0 Å². The Morgan fingerprint density at radius 1 is 1.26 bits per heavy atom. The second-order valence-corrected chi connectivity index (χ2v) is 9.30. The van der Waals surface area contributed by atoms with Crippen LogP contribution in [0.1, 0.15) is 53.0 Å². The number of imidazole rings is 1. The molecule has 2 amide bonds. The zero-order chi connectivity index (χ0) is 28.0. The Labute approximate surface area is 219 Å². The number of rotatable bonds is 7. The summed E-state index contributed by atoms with van der Waals surface area (Å²) in [5, 5.41) is 4.23. The Morgan fingerprint density at radius 2 is 2.00 bits per heavy atom. The smallest absolute Gasteiger partial charge is 0.345 e. The number of carbonyl (C=O) groups is 2. The Morgan fingerprint density at radius 3 is 2.64 bits per heavy atom. The highest BCUT2D eigenvalue weighted by Gasteiger charge is 2.38. The number of ether oxygens (including phenoxy) is 1. The molecular weight excluding hydrogens is 522 g/mol. The first kappa shape index (κ1) is 26.2. The normalized spacial score (nSPS) is 18.9. The third-order valence-corrected chi connectivity index (χ3v) is 6.81. The molecule has 10 nitrogen and oxygen atoms in total. The van der Waals surface area contributed by atoms with Crippen molar-refractivity contribution in [3.8, 4) is 11.8 Å². The highest BCUT2D eigenvalue weighted by molar-refractivity contribution is 5.99. The van der Waals surface area contributed by atoms with Gasteiger partial charge >= 0.3 is 6.61 Å².